The van der Waals surface area contributed by atoms with Crippen LogP contribution in [0.5, 0.6) is 0 Å². The summed E-state index contributed by atoms with van der Waals surface area (Å²) < 4.78 is 0. The number of aromatic nitrogens is 1. The summed E-state index contributed by atoms with van der Waals surface area (Å²) in [6, 6.07) is 13.7. The molecule has 0 saturated carbocycles. The molecule has 0 atom stereocenters. The van der Waals surface area contributed by atoms with Crippen molar-refractivity contribution >= 4 is 11.7 Å². The van der Waals surface area contributed by atoms with Crippen molar-refractivity contribution in [2.45, 2.75) is 20.9 Å². The fourth-order valence-electron chi connectivity index (χ4n) is 1.93. The number of benzene rings is 1. The van der Waals surface area contributed by atoms with Gasteiger partial charge < -0.3 is 10.2 Å². The molecular weight excluding hydrogens is 262 g/mol. The van der Waals surface area contributed by atoms with Gasteiger partial charge in [0.15, 0.2) is 0 Å². The van der Waals surface area contributed by atoms with Gasteiger partial charge in [0.2, 0.25) is 0 Å². The molecule has 0 aliphatic carbocycles. The summed E-state index contributed by atoms with van der Waals surface area (Å²) in [5.41, 5.74) is 2.66. The highest BCUT2D eigenvalue weighted by atomic mass is 16.2. The number of rotatable bonds is 4. The van der Waals surface area contributed by atoms with E-state index >= 15 is 0 Å². The van der Waals surface area contributed by atoms with Gasteiger partial charge in [-0.3, -0.25) is 4.79 Å². The molecule has 0 spiro atoms. The standard InChI is InChI=1S/C16H19N3O.CH4/c1-12-9-14(16(20)19(2)3)10-15(18-12)17-11-13-7-5-4-6-8-13;/h4-10H,11H2,1-3H3,(H,17,18);1H4. The molecule has 21 heavy (non-hydrogen) atoms. The first-order chi connectivity index (χ1) is 9.56. The van der Waals surface area contributed by atoms with Crippen molar-refractivity contribution < 1.29 is 4.79 Å². The lowest BCUT2D eigenvalue weighted by Gasteiger charge is -2.13. The smallest absolute Gasteiger partial charge is 0.253 e. The van der Waals surface area contributed by atoms with Crippen molar-refractivity contribution in [2.24, 2.45) is 0 Å². The molecule has 1 aromatic carbocycles. The number of nitrogens with zero attached hydrogens (tertiary/aromatic N) is 2. The van der Waals surface area contributed by atoms with E-state index in [4.69, 9.17) is 0 Å². The molecule has 1 amide bonds. The van der Waals surface area contributed by atoms with E-state index in [9.17, 15) is 4.79 Å². The molecular formula is C17H23N3O. The molecule has 0 saturated heterocycles. The Bertz CT molecular complexity index is 594. The largest absolute Gasteiger partial charge is 0.366 e. The van der Waals surface area contributed by atoms with Gasteiger partial charge in [-0.25, -0.2) is 4.98 Å². The number of anilines is 1. The lowest BCUT2D eigenvalue weighted by Crippen LogP contribution is -2.22. The van der Waals surface area contributed by atoms with Gasteiger partial charge in [0, 0.05) is 31.9 Å². The van der Waals surface area contributed by atoms with E-state index in [1.54, 1.807) is 31.1 Å². The van der Waals surface area contributed by atoms with Crippen LogP contribution in [0.2, 0.25) is 0 Å². The number of pyridine rings is 1. The predicted molar refractivity (Wildman–Crippen MR) is 87.5 cm³/mol. The normalized spacial score (nSPS) is 9.67. The van der Waals surface area contributed by atoms with Gasteiger partial charge >= 0.3 is 0 Å². The average Bonchev–Trinajstić information content (AvgIpc) is 2.44. The first-order valence-corrected chi connectivity index (χ1v) is 6.54. The zero-order valence-electron chi connectivity index (χ0n) is 12.1. The van der Waals surface area contributed by atoms with E-state index in [0.717, 1.165) is 11.5 Å². The highest BCUT2D eigenvalue weighted by Gasteiger charge is 2.10. The molecule has 4 heteroatoms. The molecule has 0 fully saturated rings. The Morgan fingerprint density at radius 1 is 1.19 bits per heavy atom. The molecule has 0 unspecified atom stereocenters. The lowest BCUT2D eigenvalue weighted by molar-refractivity contribution is 0.0827. The van der Waals surface area contributed by atoms with Gasteiger partial charge in [0.05, 0.1) is 0 Å². The van der Waals surface area contributed by atoms with Crippen LogP contribution < -0.4 is 5.32 Å². The Hall–Kier alpha value is -2.36. The van der Waals surface area contributed by atoms with Crippen molar-refractivity contribution in [3.05, 3.63) is 59.3 Å². The Kier molecular flexibility index (Phi) is 5.91. The average molecular weight is 285 g/mol. The number of nitrogens with one attached hydrogen (secondary N) is 1. The Balaban J connectivity index is 0.00000220. The monoisotopic (exact) mass is 285 g/mol. The predicted octanol–water partition coefficient (Wildman–Crippen LogP) is 3.34. The third-order valence-corrected chi connectivity index (χ3v) is 2.92. The highest BCUT2D eigenvalue weighted by Crippen LogP contribution is 2.13. The van der Waals surface area contributed by atoms with Crippen LogP contribution in [-0.2, 0) is 6.54 Å². The molecule has 112 valence electrons. The molecule has 0 bridgehead atoms. The van der Waals surface area contributed by atoms with E-state index in [0.29, 0.717) is 12.1 Å². The van der Waals surface area contributed by atoms with Crippen molar-refractivity contribution in [2.75, 3.05) is 19.4 Å². The van der Waals surface area contributed by atoms with Gasteiger partial charge in [-0.05, 0) is 24.6 Å². The number of hydrogen-bond donors (Lipinski definition) is 1. The molecule has 2 rings (SSSR count). The van der Waals surface area contributed by atoms with Crippen molar-refractivity contribution in [1.82, 2.24) is 9.88 Å². The molecule has 1 heterocycles. The zero-order valence-corrected chi connectivity index (χ0v) is 12.1. The highest BCUT2D eigenvalue weighted by molar-refractivity contribution is 5.94. The second-order valence-electron chi connectivity index (χ2n) is 4.92. The number of aryl methyl sites for hydroxylation is 1. The van der Waals surface area contributed by atoms with Gasteiger partial charge in [0.25, 0.3) is 5.91 Å². The molecule has 2 aromatic rings. The van der Waals surface area contributed by atoms with E-state index in [2.05, 4.69) is 22.4 Å². The van der Waals surface area contributed by atoms with Crippen LogP contribution >= 0.6 is 0 Å². The topological polar surface area (TPSA) is 45.2 Å². The van der Waals surface area contributed by atoms with Gasteiger partial charge in [-0.2, -0.15) is 0 Å². The Labute approximate surface area is 126 Å². The maximum atomic E-state index is 12.0. The van der Waals surface area contributed by atoms with E-state index in [1.807, 2.05) is 25.1 Å². The number of amides is 1. The lowest BCUT2D eigenvalue weighted by atomic mass is 10.2. The summed E-state index contributed by atoms with van der Waals surface area (Å²) in [7, 11) is 3.49. The minimum absolute atomic E-state index is 0. The third-order valence-electron chi connectivity index (χ3n) is 2.92. The maximum Gasteiger partial charge on any atom is 0.253 e. The fraction of sp³-hybridized carbons (Fsp3) is 0.294. The van der Waals surface area contributed by atoms with Crippen LogP contribution in [0.4, 0.5) is 5.82 Å². The van der Waals surface area contributed by atoms with Crippen LogP contribution in [0, 0.1) is 6.92 Å². The third kappa shape index (κ3) is 4.60. The number of carbonyl (C=O) groups excluding carboxylic acids is 1. The molecule has 1 aromatic heterocycles. The summed E-state index contributed by atoms with van der Waals surface area (Å²) in [4.78, 5) is 18.0. The van der Waals surface area contributed by atoms with E-state index < -0.39 is 0 Å². The summed E-state index contributed by atoms with van der Waals surface area (Å²) in [5.74, 6) is 0.706. The zero-order chi connectivity index (χ0) is 14.5. The summed E-state index contributed by atoms with van der Waals surface area (Å²) >= 11 is 0. The first kappa shape index (κ1) is 16.7. The Morgan fingerprint density at radius 3 is 2.48 bits per heavy atom. The minimum atomic E-state index is -0.0155. The van der Waals surface area contributed by atoms with Crippen LogP contribution in [0.15, 0.2) is 42.5 Å². The maximum absolute atomic E-state index is 12.0. The first-order valence-electron chi connectivity index (χ1n) is 6.54. The van der Waals surface area contributed by atoms with E-state index in [-0.39, 0.29) is 13.3 Å². The molecule has 0 aliphatic heterocycles. The molecule has 1 N–H and O–H groups in total. The van der Waals surface area contributed by atoms with Crippen molar-refractivity contribution in [3.8, 4) is 0 Å². The molecule has 0 aliphatic rings. The van der Waals surface area contributed by atoms with Crippen LogP contribution in [0.1, 0.15) is 29.0 Å². The second kappa shape index (κ2) is 7.43. The van der Waals surface area contributed by atoms with Crippen LogP contribution in [-0.4, -0.2) is 29.9 Å². The van der Waals surface area contributed by atoms with Gasteiger partial charge in [0.1, 0.15) is 5.82 Å². The fourth-order valence-corrected chi connectivity index (χ4v) is 1.93. The Morgan fingerprint density at radius 2 is 1.86 bits per heavy atom. The molecule has 0 radical (unpaired) electrons. The van der Waals surface area contributed by atoms with Crippen molar-refractivity contribution in [3.63, 3.8) is 0 Å². The van der Waals surface area contributed by atoms with Gasteiger partial charge in [-0.15, -0.1) is 0 Å². The summed E-state index contributed by atoms with van der Waals surface area (Å²) in [5, 5.41) is 3.25. The van der Waals surface area contributed by atoms with E-state index in [1.165, 1.54) is 5.56 Å². The van der Waals surface area contributed by atoms with Gasteiger partial charge in [-0.1, -0.05) is 37.8 Å². The number of carbonyl (C=O) groups is 1. The van der Waals surface area contributed by atoms with Crippen LogP contribution in [0.25, 0.3) is 0 Å². The van der Waals surface area contributed by atoms with Crippen LogP contribution in [0.3, 0.4) is 0 Å². The SMILES string of the molecule is C.Cc1cc(C(=O)N(C)C)cc(NCc2ccccc2)n1. The number of hydrogen-bond acceptors (Lipinski definition) is 3. The molecule has 4 nitrogen and oxygen atoms in total. The summed E-state index contributed by atoms with van der Waals surface area (Å²) in [6.45, 7) is 2.58. The minimum Gasteiger partial charge on any atom is -0.366 e. The van der Waals surface area contributed by atoms with Crippen molar-refractivity contribution in [1.29, 1.82) is 0 Å². The second-order valence-corrected chi connectivity index (χ2v) is 4.92. The quantitative estimate of drug-likeness (QED) is 0.937. The summed E-state index contributed by atoms with van der Waals surface area (Å²) in [6.07, 6.45) is 0.